The minimum atomic E-state index is -4.57. The predicted octanol–water partition coefficient (Wildman–Crippen LogP) is 1.39. The number of likely N-dealkylation sites (N-methyl/N-ethyl adjacent to an activating group) is 1. The van der Waals surface area contributed by atoms with Gasteiger partial charge in [0, 0.05) is 39.4 Å². The smallest absolute Gasteiger partial charge is 0.348 e. The Labute approximate surface area is 142 Å². The molecular weight excluding hydrogens is 337 g/mol. The zero-order valence-corrected chi connectivity index (χ0v) is 13.6. The van der Waals surface area contributed by atoms with E-state index < -0.39 is 17.6 Å². The Kier molecular flexibility index (Phi) is 4.18. The topological polar surface area (TPSA) is 56.8 Å². The Hall–Kier alpha value is -2.58. The van der Waals surface area contributed by atoms with Gasteiger partial charge in [-0.05, 0) is 12.1 Å². The summed E-state index contributed by atoms with van der Waals surface area (Å²) in [5, 5.41) is 0. The van der Waals surface area contributed by atoms with Crippen LogP contribution < -0.4 is 4.90 Å². The fourth-order valence-electron chi connectivity index (χ4n) is 3.22. The van der Waals surface area contributed by atoms with Crippen molar-refractivity contribution in [1.29, 1.82) is 0 Å². The number of amides is 2. The van der Waals surface area contributed by atoms with Gasteiger partial charge in [0.05, 0.1) is 17.2 Å². The molecule has 1 fully saturated rings. The second kappa shape index (κ2) is 6.05. The quantitative estimate of drug-likeness (QED) is 0.716. The summed E-state index contributed by atoms with van der Waals surface area (Å²) >= 11 is 0. The Bertz CT molecular complexity index is 735. The summed E-state index contributed by atoms with van der Waals surface area (Å²) in [4.78, 5) is 33.1. The molecule has 2 amide bonds. The maximum absolute atomic E-state index is 13.0. The molecule has 6 nitrogen and oxygen atoms in total. The summed E-state index contributed by atoms with van der Waals surface area (Å²) in [6, 6.07) is 0.613. The number of carbonyl (C=O) groups excluding carboxylic acids is 2. The van der Waals surface area contributed by atoms with Crippen LogP contribution in [0.25, 0.3) is 0 Å². The number of halogens is 3. The van der Waals surface area contributed by atoms with Crippen LogP contribution in [-0.2, 0) is 11.0 Å². The van der Waals surface area contributed by atoms with E-state index in [2.05, 4.69) is 11.6 Å². The molecule has 1 aromatic heterocycles. The zero-order chi connectivity index (χ0) is 18.4. The fraction of sp³-hybridized carbons (Fsp3) is 0.438. The number of fused-ring (bicyclic) bond motifs is 3. The van der Waals surface area contributed by atoms with Crippen LogP contribution in [0.2, 0.25) is 0 Å². The first kappa shape index (κ1) is 17.2. The lowest BCUT2D eigenvalue weighted by Crippen LogP contribution is -2.57. The minimum Gasteiger partial charge on any atom is -0.348 e. The molecule has 0 N–H and O–H groups in total. The Morgan fingerprint density at radius 3 is 2.72 bits per heavy atom. The molecule has 0 spiro atoms. The van der Waals surface area contributed by atoms with Gasteiger partial charge < -0.3 is 14.7 Å². The molecule has 0 aromatic carbocycles. The molecule has 2 aliphatic heterocycles. The van der Waals surface area contributed by atoms with Crippen LogP contribution in [0.4, 0.5) is 19.0 Å². The van der Waals surface area contributed by atoms with Crippen LogP contribution in [-0.4, -0.2) is 65.9 Å². The van der Waals surface area contributed by atoms with Crippen LogP contribution >= 0.6 is 0 Å². The predicted molar refractivity (Wildman–Crippen MR) is 84.1 cm³/mol. The number of nitrogens with zero attached hydrogens (tertiary/aromatic N) is 4. The van der Waals surface area contributed by atoms with E-state index in [-0.39, 0.29) is 29.9 Å². The van der Waals surface area contributed by atoms with Gasteiger partial charge in [0.2, 0.25) is 5.91 Å². The van der Waals surface area contributed by atoms with Crippen LogP contribution in [0.15, 0.2) is 24.9 Å². The Morgan fingerprint density at radius 1 is 1.36 bits per heavy atom. The molecule has 1 aromatic rings. The van der Waals surface area contributed by atoms with Gasteiger partial charge in [-0.1, -0.05) is 6.58 Å². The number of piperazine rings is 1. The second-order valence-corrected chi connectivity index (χ2v) is 6.11. The largest absolute Gasteiger partial charge is 0.417 e. The van der Waals surface area contributed by atoms with E-state index in [1.54, 1.807) is 4.90 Å². The van der Waals surface area contributed by atoms with E-state index in [9.17, 15) is 22.8 Å². The standard InChI is InChI=1S/C16H17F3N4O2/c1-3-13(24)22-4-5-23-11(9-22)8-21(2)15(25)12-6-10(16(17,18)19)7-20-14(12)23/h3,6-7,11H,1,4-5,8-9H2,2H3/t11-/m0/s1. The molecule has 134 valence electrons. The zero-order valence-electron chi connectivity index (χ0n) is 13.6. The fourth-order valence-corrected chi connectivity index (χ4v) is 3.22. The average molecular weight is 354 g/mol. The highest BCUT2D eigenvalue weighted by atomic mass is 19.4. The summed E-state index contributed by atoms with van der Waals surface area (Å²) in [5.74, 6) is -0.485. The first-order valence-corrected chi connectivity index (χ1v) is 7.73. The molecule has 3 rings (SSSR count). The van der Waals surface area contributed by atoms with Crippen molar-refractivity contribution in [1.82, 2.24) is 14.8 Å². The van der Waals surface area contributed by atoms with E-state index >= 15 is 0 Å². The van der Waals surface area contributed by atoms with Crippen molar-refractivity contribution in [3.8, 4) is 0 Å². The number of carbonyl (C=O) groups is 2. The van der Waals surface area contributed by atoms with Gasteiger partial charge >= 0.3 is 6.18 Å². The molecule has 3 heterocycles. The lowest BCUT2D eigenvalue weighted by atomic mass is 10.1. The number of rotatable bonds is 1. The normalized spacial score (nSPS) is 20.7. The molecule has 25 heavy (non-hydrogen) atoms. The van der Waals surface area contributed by atoms with Gasteiger partial charge in [-0.3, -0.25) is 9.59 Å². The van der Waals surface area contributed by atoms with Gasteiger partial charge in [0.1, 0.15) is 5.82 Å². The Morgan fingerprint density at radius 2 is 2.08 bits per heavy atom. The summed E-state index contributed by atoms with van der Waals surface area (Å²) in [5.41, 5.74) is -1.02. The van der Waals surface area contributed by atoms with Gasteiger partial charge in [0.15, 0.2) is 0 Å². The number of hydrogen-bond donors (Lipinski definition) is 0. The Balaban J connectivity index is 2.00. The maximum atomic E-state index is 13.0. The molecular formula is C16H17F3N4O2. The van der Waals surface area contributed by atoms with Crippen molar-refractivity contribution in [3.63, 3.8) is 0 Å². The molecule has 0 unspecified atom stereocenters. The number of hydrogen-bond acceptors (Lipinski definition) is 4. The minimum absolute atomic E-state index is 0.0664. The first-order valence-electron chi connectivity index (χ1n) is 7.73. The van der Waals surface area contributed by atoms with Crippen LogP contribution in [0.5, 0.6) is 0 Å². The molecule has 0 bridgehead atoms. The highest BCUT2D eigenvalue weighted by molar-refractivity contribution is 6.00. The number of aromatic nitrogens is 1. The van der Waals surface area contributed by atoms with E-state index in [4.69, 9.17) is 0 Å². The summed E-state index contributed by atoms with van der Waals surface area (Å²) in [6.07, 6.45) is -2.60. The third kappa shape index (κ3) is 3.06. The third-order valence-electron chi connectivity index (χ3n) is 4.50. The molecule has 0 aliphatic carbocycles. The number of alkyl halides is 3. The van der Waals surface area contributed by atoms with Crippen molar-refractivity contribution < 1.29 is 22.8 Å². The van der Waals surface area contributed by atoms with Crippen LogP contribution in [0.3, 0.4) is 0 Å². The first-order chi connectivity index (χ1) is 11.7. The molecule has 2 aliphatic rings. The number of anilines is 1. The monoisotopic (exact) mass is 354 g/mol. The summed E-state index contributed by atoms with van der Waals surface area (Å²) in [6.45, 7) is 4.88. The maximum Gasteiger partial charge on any atom is 0.417 e. The highest BCUT2D eigenvalue weighted by Crippen LogP contribution is 2.34. The van der Waals surface area contributed by atoms with Gasteiger partial charge in [-0.15, -0.1) is 0 Å². The van der Waals surface area contributed by atoms with E-state index in [0.29, 0.717) is 19.6 Å². The van der Waals surface area contributed by atoms with E-state index in [1.165, 1.54) is 18.0 Å². The third-order valence-corrected chi connectivity index (χ3v) is 4.50. The summed E-state index contributed by atoms with van der Waals surface area (Å²) in [7, 11) is 1.53. The van der Waals surface area contributed by atoms with Crippen LogP contribution in [0, 0.1) is 0 Å². The van der Waals surface area contributed by atoms with Crippen molar-refractivity contribution in [3.05, 3.63) is 36.0 Å². The highest BCUT2D eigenvalue weighted by Gasteiger charge is 2.39. The van der Waals surface area contributed by atoms with E-state index in [1.807, 2.05) is 4.90 Å². The SMILES string of the molecule is C=CC(=O)N1CCN2c3ncc(C(F)(F)F)cc3C(=O)N(C)C[C@H]2C1. The molecule has 1 atom stereocenters. The lowest BCUT2D eigenvalue weighted by Gasteiger charge is -2.41. The van der Waals surface area contributed by atoms with Gasteiger partial charge in [0.25, 0.3) is 5.91 Å². The lowest BCUT2D eigenvalue weighted by molar-refractivity contribution is -0.137. The molecule has 1 saturated heterocycles. The van der Waals surface area contributed by atoms with Crippen molar-refractivity contribution in [2.45, 2.75) is 12.2 Å². The van der Waals surface area contributed by atoms with Crippen molar-refractivity contribution in [2.75, 3.05) is 38.1 Å². The average Bonchev–Trinajstić information content (AvgIpc) is 2.68. The molecule has 0 saturated carbocycles. The van der Waals surface area contributed by atoms with E-state index in [0.717, 1.165) is 12.3 Å². The second-order valence-electron chi connectivity index (χ2n) is 6.11. The van der Waals surface area contributed by atoms with Crippen LogP contribution in [0.1, 0.15) is 15.9 Å². The van der Waals surface area contributed by atoms with Crippen molar-refractivity contribution in [2.24, 2.45) is 0 Å². The number of pyridine rings is 1. The molecule has 0 radical (unpaired) electrons. The van der Waals surface area contributed by atoms with Crippen molar-refractivity contribution >= 4 is 17.6 Å². The summed E-state index contributed by atoms with van der Waals surface area (Å²) < 4.78 is 38.9. The molecule has 9 heteroatoms. The van der Waals surface area contributed by atoms with Gasteiger partial charge in [-0.25, -0.2) is 4.98 Å². The van der Waals surface area contributed by atoms with Gasteiger partial charge in [-0.2, -0.15) is 13.2 Å².